The van der Waals surface area contributed by atoms with Gasteiger partial charge in [0.15, 0.2) is 0 Å². The van der Waals surface area contributed by atoms with Gasteiger partial charge in [0, 0.05) is 31.6 Å². The number of nitrogens with one attached hydrogen (secondary N) is 1. The molecule has 0 bridgehead atoms. The number of anilines is 1. The molecule has 1 aromatic carbocycles. The first-order chi connectivity index (χ1) is 10.7. The van der Waals surface area contributed by atoms with Crippen LogP contribution in [0.3, 0.4) is 0 Å². The number of aromatic nitrogens is 4. The topological polar surface area (TPSA) is 85.8 Å². The molecule has 7 heteroatoms. The van der Waals surface area contributed by atoms with Gasteiger partial charge in [-0.3, -0.25) is 9.48 Å². The van der Waals surface area contributed by atoms with Crippen LogP contribution in [-0.4, -0.2) is 25.8 Å². The molecule has 0 saturated heterocycles. The SMILES string of the molecule is Cn1cc(NC(=O)CCc2nc(-c3ccccc3)no2)cn1. The van der Waals surface area contributed by atoms with Gasteiger partial charge < -0.3 is 9.84 Å². The summed E-state index contributed by atoms with van der Waals surface area (Å²) in [5.74, 6) is 0.857. The molecule has 0 unspecified atom stereocenters. The Balaban J connectivity index is 1.56. The van der Waals surface area contributed by atoms with Gasteiger partial charge in [0.05, 0.1) is 11.9 Å². The standard InChI is InChI=1S/C15H15N5O2/c1-20-10-12(9-16-20)17-13(21)7-8-14-18-15(19-22-14)11-5-3-2-4-6-11/h2-6,9-10H,7-8H2,1H3,(H,17,21). The zero-order valence-corrected chi connectivity index (χ0v) is 12.1. The van der Waals surface area contributed by atoms with Crippen LogP contribution in [0.15, 0.2) is 47.2 Å². The Morgan fingerprint density at radius 3 is 2.86 bits per heavy atom. The van der Waals surface area contributed by atoms with Gasteiger partial charge in [0.2, 0.25) is 17.6 Å². The fourth-order valence-electron chi connectivity index (χ4n) is 1.99. The highest BCUT2D eigenvalue weighted by molar-refractivity contribution is 5.90. The Morgan fingerprint density at radius 2 is 2.14 bits per heavy atom. The van der Waals surface area contributed by atoms with Crippen molar-refractivity contribution < 1.29 is 9.32 Å². The number of rotatable bonds is 5. The predicted octanol–water partition coefficient (Wildman–Crippen LogP) is 2.04. The van der Waals surface area contributed by atoms with Crippen molar-refractivity contribution in [2.75, 3.05) is 5.32 Å². The Hall–Kier alpha value is -2.96. The van der Waals surface area contributed by atoms with E-state index in [4.69, 9.17) is 4.52 Å². The lowest BCUT2D eigenvalue weighted by molar-refractivity contribution is -0.116. The molecule has 0 radical (unpaired) electrons. The number of nitrogens with zero attached hydrogens (tertiary/aromatic N) is 4. The maximum atomic E-state index is 11.8. The lowest BCUT2D eigenvalue weighted by atomic mass is 10.2. The van der Waals surface area contributed by atoms with E-state index in [2.05, 4.69) is 20.6 Å². The minimum atomic E-state index is -0.118. The quantitative estimate of drug-likeness (QED) is 0.779. The van der Waals surface area contributed by atoms with Crippen molar-refractivity contribution in [1.29, 1.82) is 0 Å². The van der Waals surface area contributed by atoms with Gasteiger partial charge >= 0.3 is 0 Å². The Morgan fingerprint density at radius 1 is 1.32 bits per heavy atom. The average Bonchev–Trinajstić information content (AvgIpc) is 3.15. The zero-order valence-electron chi connectivity index (χ0n) is 12.1. The summed E-state index contributed by atoms with van der Waals surface area (Å²) in [5.41, 5.74) is 1.56. The molecule has 7 nitrogen and oxygen atoms in total. The largest absolute Gasteiger partial charge is 0.339 e. The Labute approximate surface area is 127 Å². The fourth-order valence-corrected chi connectivity index (χ4v) is 1.99. The second kappa shape index (κ2) is 6.21. The van der Waals surface area contributed by atoms with Crippen LogP contribution in [0.2, 0.25) is 0 Å². The number of carbonyl (C=O) groups is 1. The fraction of sp³-hybridized carbons (Fsp3) is 0.200. The van der Waals surface area contributed by atoms with Crippen LogP contribution < -0.4 is 5.32 Å². The van der Waals surface area contributed by atoms with E-state index in [1.54, 1.807) is 24.1 Å². The van der Waals surface area contributed by atoms with Gasteiger partial charge in [-0.05, 0) is 0 Å². The van der Waals surface area contributed by atoms with Gasteiger partial charge in [-0.15, -0.1) is 0 Å². The van der Waals surface area contributed by atoms with E-state index in [0.29, 0.717) is 23.8 Å². The smallest absolute Gasteiger partial charge is 0.227 e. The van der Waals surface area contributed by atoms with Crippen molar-refractivity contribution in [3.8, 4) is 11.4 Å². The van der Waals surface area contributed by atoms with E-state index in [9.17, 15) is 4.79 Å². The molecule has 2 aromatic heterocycles. The van der Waals surface area contributed by atoms with Crippen LogP contribution in [0.25, 0.3) is 11.4 Å². The first kappa shape index (κ1) is 14.0. The van der Waals surface area contributed by atoms with Crippen LogP contribution in [0.1, 0.15) is 12.3 Å². The maximum absolute atomic E-state index is 11.8. The molecule has 22 heavy (non-hydrogen) atoms. The molecule has 0 atom stereocenters. The summed E-state index contributed by atoms with van der Waals surface area (Å²) in [6, 6.07) is 9.56. The van der Waals surface area contributed by atoms with E-state index in [0.717, 1.165) is 5.56 Å². The highest BCUT2D eigenvalue weighted by Gasteiger charge is 2.11. The average molecular weight is 297 g/mol. The first-order valence-electron chi connectivity index (χ1n) is 6.87. The normalized spacial score (nSPS) is 10.6. The molecule has 2 heterocycles. The van der Waals surface area contributed by atoms with E-state index < -0.39 is 0 Å². The Bertz CT molecular complexity index is 763. The summed E-state index contributed by atoms with van der Waals surface area (Å²) in [7, 11) is 1.79. The third-order valence-electron chi connectivity index (χ3n) is 3.05. The summed E-state index contributed by atoms with van der Waals surface area (Å²) >= 11 is 0. The number of hydrogen-bond donors (Lipinski definition) is 1. The number of benzene rings is 1. The molecule has 1 N–H and O–H groups in total. The van der Waals surface area contributed by atoms with Crippen LogP contribution in [0, 0.1) is 0 Å². The Kier molecular flexibility index (Phi) is 3.95. The van der Waals surface area contributed by atoms with Crippen LogP contribution in [0.4, 0.5) is 5.69 Å². The number of amides is 1. The minimum absolute atomic E-state index is 0.118. The summed E-state index contributed by atoms with van der Waals surface area (Å²) in [6.07, 6.45) is 3.99. The van der Waals surface area contributed by atoms with E-state index in [-0.39, 0.29) is 12.3 Å². The second-order valence-electron chi connectivity index (χ2n) is 4.83. The highest BCUT2D eigenvalue weighted by Crippen LogP contribution is 2.15. The third kappa shape index (κ3) is 3.38. The van der Waals surface area contributed by atoms with Crippen molar-refractivity contribution in [1.82, 2.24) is 19.9 Å². The van der Waals surface area contributed by atoms with Crippen LogP contribution in [0.5, 0.6) is 0 Å². The molecule has 0 fully saturated rings. The van der Waals surface area contributed by atoms with E-state index >= 15 is 0 Å². The second-order valence-corrected chi connectivity index (χ2v) is 4.83. The molecular formula is C15H15N5O2. The summed E-state index contributed by atoms with van der Waals surface area (Å²) < 4.78 is 6.79. The van der Waals surface area contributed by atoms with Crippen molar-refractivity contribution >= 4 is 11.6 Å². The zero-order chi connectivity index (χ0) is 15.4. The molecule has 3 rings (SSSR count). The lowest BCUT2D eigenvalue weighted by Crippen LogP contribution is -2.11. The highest BCUT2D eigenvalue weighted by atomic mass is 16.5. The predicted molar refractivity (Wildman–Crippen MR) is 79.9 cm³/mol. The van der Waals surface area contributed by atoms with Gasteiger partial charge in [-0.1, -0.05) is 35.5 Å². The van der Waals surface area contributed by atoms with Gasteiger partial charge in [0.25, 0.3) is 0 Å². The summed E-state index contributed by atoms with van der Waals surface area (Å²) in [6.45, 7) is 0. The number of carbonyl (C=O) groups excluding carboxylic acids is 1. The molecule has 0 saturated carbocycles. The minimum Gasteiger partial charge on any atom is -0.339 e. The number of aryl methyl sites for hydroxylation is 2. The summed E-state index contributed by atoms with van der Waals surface area (Å²) in [5, 5.41) is 10.7. The van der Waals surface area contributed by atoms with Gasteiger partial charge in [-0.25, -0.2) is 0 Å². The molecule has 3 aromatic rings. The van der Waals surface area contributed by atoms with Crippen LogP contribution in [-0.2, 0) is 18.3 Å². The van der Waals surface area contributed by atoms with E-state index in [1.165, 1.54) is 0 Å². The van der Waals surface area contributed by atoms with Crippen molar-refractivity contribution in [2.45, 2.75) is 12.8 Å². The molecule has 1 amide bonds. The van der Waals surface area contributed by atoms with E-state index in [1.807, 2.05) is 30.3 Å². The molecule has 0 aliphatic carbocycles. The van der Waals surface area contributed by atoms with Gasteiger partial charge in [0.1, 0.15) is 0 Å². The van der Waals surface area contributed by atoms with Crippen molar-refractivity contribution in [3.63, 3.8) is 0 Å². The molecule has 112 valence electrons. The lowest BCUT2D eigenvalue weighted by Gasteiger charge is -1.99. The van der Waals surface area contributed by atoms with Crippen molar-refractivity contribution in [3.05, 3.63) is 48.6 Å². The van der Waals surface area contributed by atoms with Gasteiger partial charge in [-0.2, -0.15) is 10.1 Å². The maximum Gasteiger partial charge on any atom is 0.227 e. The number of hydrogen-bond acceptors (Lipinski definition) is 5. The monoisotopic (exact) mass is 297 g/mol. The van der Waals surface area contributed by atoms with Crippen LogP contribution >= 0.6 is 0 Å². The molecular weight excluding hydrogens is 282 g/mol. The molecule has 0 aliphatic rings. The summed E-state index contributed by atoms with van der Waals surface area (Å²) in [4.78, 5) is 16.1. The van der Waals surface area contributed by atoms with Crippen molar-refractivity contribution in [2.24, 2.45) is 7.05 Å². The molecule has 0 spiro atoms. The first-order valence-corrected chi connectivity index (χ1v) is 6.87. The molecule has 0 aliphatic heterocycles. The third-order valence-corrected chi connectivity index (χ3v) is 3.05.